The van der Waals surface area contributed by atoms with Crippen LogP contribution in [0.2, 0.25) is 0 Å². The highest BCUT2D eigenvalue weighted by molar-refractivity contribution is 5.74. The second-order valence-electron chi connectivity index (χ2n) is 9.68. The summed E-state index contributed by atoms with van der Waals surface area (Å²) in [5, 5.41) is 0. The fourth-order valence-corrected chi connectivity index (χ4v) is 4.93. The van der Waals surface area contributed by atoms with E-state index in [4.69, 9.17) is 4.98 Å². The van der Waals surface area contributed by atoms with Crippen molar-refractivity contribution >= 4 is 22.7 Å². The number of imidazole rings is 1. The second kappa shape index (κ2) is 6.37. The molecular weight excluding hydrogens is 362 g/mol. The minimum absolute atomic E-state index is 0.0118. The first-order valence-electron chi connectivity index (χ1n) is 10.5. The van der Waals surface area contributed by atoms with Crippen LogP contribution >= 0.6 is 0 Å². The number of aromatic nitrogens is 3. The molecule has 0 spiro atoms. The molecule has 0 amide bonds. The van der Waals surface area contributed by atoms with Gasteiger partial charge in [0.15, 0.2) is 5.65 Å². The van der Waals surface area contributed by atoms with E-state index in [1.54, 1.807) is 4.57 Å². The van der Waals surface area contributed by atoms with Crippen molar-refractivity contribution in [3.63, 3.8) is 0 Å². The zero-order chi connectivity index (χ0) is 20.3. The molecule has 3 aromatic rings. The molecule has 0 unspecified atom stereocenters. The summed E-state index contributed by atoms with van der Waals surface area (Å²) in [4.78, 5) is 22.7. The van der Waals surface area contributed by atoms with Crippen molar-refractivity contribution in [1.82, 2.24) is 14.1 Å². The zero-order valence-electron chi connectivity index (χ0n) is 17.7. The number of hydrogen-bond donors (Lipinski definition) is 0. The van der Waals surface area contributed by atoms with Gasteiger partial charge in [0.2, 0.25) is 0 Å². The van der Waals surface area contributed by atoms with Crippen LogP contribution in [0.25, 0.3) is 11.2 Å². The Balaban J connectivity index is 1.44. The minimum atomic E-state index is 0.0118. The lowest BCUT2D eigenvalue weighted by Gasteiger charge is -2.36. The predicted octanol–water partition coefficient (Wildman–Crippen LogP) is 3.25. The lowest BCUT2D eigenvalue weighted by Crippen LogP contribution is -2.46. The molecule has 29 heavy (non-hydrogen) atoms. The number of nitrogens with zero attached hydrogens (tertiary/aromatic N) is 5. The fourth-order valence-electron chi connectivity index (χ4n) is 4.93. The first-order chi connectivity index (χ1) is 13.8. The van der Waals surface area contributed by atoms with Crippen molar-refractivity contribution in [2.75, 3.05) is 22.9 Å². The third kappa shape index (κ3) is 3.02. The average molecular weight is 392 g/mol. The monoisotopic (exact) mass is 391 g/mol. The molecule has 6 heteroatoms. The van der Waals surface area contributed by atoms with E-state index in [9.17, 15) is 4.79 Å². The van der Waals surface area contributed by atoms with Gasteiger partial charge in [-0.05, 0) is 36.1 Å². The van der Waals surface area contributed by atoms with Crippen LogP contribution in [-0.4, -0.2) is 39.3 Å². The van der Waals surface area contributed by atoms with Crippen molar-refractivity contribution in [1.29, 1.82) is 0 Å². The highest BCUT2D eigenvalue weighted by atomic mass is 16.1. The number of anilines is 2. The van der Waals surface area contributed by atoms with Crippen molar-refractivity contribution in [3.05, 3.63) is 52.9 Å². The molecule has 2 aliphatic heterocycles. The molecule has 0 radical (unpaired) electrons. The van der Waals surface area contributed by atoms with Gasteiger partial charge in [-0.1, -0.05) is 39.0 Å². The number of para-hydroxylation sites is 1. The number of piperazine rings is 1. The Bertz CT molecular complexity index is 1110. The summed E-state index contributed by atoms with van der Waals surface area (Å²) >= 11 is 0. The molecule has 2 bridgehead atoms. The number of aryl methyl sites for hydroxylation is 1. The first-order valence-corrected chi connectivity index (χ1v) is 10.5. The number of rotatable bonds is 3. The van der Waals surface area contributed by atoms with E-state index in [2.05, 4.69) is 73.0 Å². The summed E-state index contributed by atoms with van der Waals surface area (Å²) in [5.41, 5.74) is 3.06. The van der Waals surface area contributed by atoms with E-state index in [-0.39, 0.29) is 11.1 Å². The molecule has 2 atom stereocenters. The van der Waals surface area contributed by atoms with Crippen molar-refractivity contribution in [3.8, 4) is 0 Å². The van der Waals surface area contributed by atoms with Crippen LogP contribution in [0.5, 0.6) is 0 Å². The molecule has 1 aromatic carbocycles. The molecule has 0 aliphatic carbocycles. The van der Waals surface area contributed by atoms with E-state index in [0.717, 1.165) is 30.1 Å². The van der Waals surface area contributed by atoms with Crippen LogP contribution in [0.15, 0.2) is 47.3 Å². The Kier molecular flexibility index (Phi) is 4.02. The minimum Gasteiger partial charge on any atom is -0.365 e. The van der Waals surface area contributed by atoms with Crippen molar-refractivity contribution in [2.45, 2.75) is 45.8 Å². The number of hydrogen-bond acceptors (Lipinski definition) is 4. The normalized spacial score (nSPS) is 21.5. The highest BCUT2D eigenvalue weighted by Crippen LogP contribution is 2.37. The Morgan fingerprint density at radius 2 is 1.69 bits per heavy atom. The Hall–Kier alpha value is -2.76. The van der Waals surface area contributed by atoms with E-state index in [1.807, 2.05) is 11.6 Å². The number of benzene rings is 1. The molecule has 0 saturated carbocycles. The van der Waals surface area contributed by atoms with E-state index in [1.165, 1.54) is 12.1 Å². The Labute approximate surface area is 171 Å². The number of pyridine rings is 1. The molecule has 5 rings (SSSR count). The second-order valence-corrected chi connectivity index (χ2v) is 9.68. The standard InChI is InChI=1S/C23H29N5O/c1-23(2,3)15-28-19-10-11-20(24-21(19)25(4)22(28)29)27-14-17-12-18(27)13-26(17)16-8-6-5-7-9-16/h5-11,17-18H,12-15H2,1-4H3/t17-,18-/m0/s1. The quantitative estimate of drug-likeness (QED) is 0.688. The molecule has 0 N–H and O–H groups in total. The summed E-state index contributed by atoms with van der Waals surface area (Å²) in [5.74, 6) is 0.987. The van der Waals surface area contributed by atoms with Gasteiger partial charge in [0.25, 0.3) is 0 Å². The van der Waals surface area contributed by atoms with Gasteiger partial charge in [0.05, 0.1) is 11.6 Å². The van der Waals surface area contributed by atoms with E-state index < -0.39 is 0 Å². The van der Waals surface area contributed by atoms with Crippen molar-refractivity contribution < 1.29 is 0 Å². The summed E-state index contributed by atoms with van der Waals surface area (Å²) in [6, 6.07) is 15.8. The van der Waals surface area contributed by atoms with Gasteiger partial charge in [-0.2, -0.15) is 0 Å². The predicted molar refractivity (Wildman–Crippen MR) is 118 cm³/mol. The molecule has 2 fully saturated rings. The maximum absolute atomic E-state index is 12.8. The number of fused-ring (bicyclic) bond motifs is 3. The lowest BCUT2D eigenvalue weighted by atomic mass is 9.97. The average Bonchev–Trinajstić information content (AvgIpc) is 3.37. The topological polar surface area (TPSA) is 46.3 Å². The molecule has 152 valence electrons. The Morgan fingerprint density at radius 1 is 1.00 bits per heavy atom. The van der Waals surface area contributed by atoms with Crippen LogP contribution in [0, 0.1) is 5.41 Å². The SMILES string of the molecule is Cn1c(=O)n(CC(C)(C)C)c2ccc(N3C[C@@H]4C[C@H]3CN4c3ccccc3)nc21. The maximum atomic E-state index is 12.8. The fraction of sp³-hybridized carbons (Fsp3) is 0.478. The molecule has 2 aromatic heterocycles. The van der Waals surface area contributed by atoms with Gasteiger partial charge in [-0.15, -0.1) is 0 Å². The molecular formula is C23H29N5O. The van der Waals surface area contributed by atoms with Gasteiger partial charge >= 0.3 is 5.69 Å². The van der Waals surface area contributed by atoms with Gasteiger partial charge in [0.1, 0.15) is 5.82 Å². The van der Waals surface area contributed by atoms with Gasteiger partial charge in [-0.3, -0.25) is 9.13 Å². The van der Waals surface area contributed by atoms with Crippen LogP contribution in [-0.2, 0) is 13.6 Å². The smallest absolute Gasteiger partial charge is 0.330 e. The van der Waals surface area contributed by atoms with Gasteiger partial charge in [-0.25, -0.2) is 9.78 Å². The van der Waals surface area contributed by atoms with Gasteiger partial charge < -0.3 is 9.80 Å². The van der Waals surface area contributed by atoms with E-state index in [0.29, 0.717) is 18.6 Å². The highest BCUT2D eigenvalue weighted by Gasteiger charge is 2.43. The molecule has 2 aliphatic rings. The van der Waals surface area contributed by atoms with Crippen LogP contribution in [0.3, 0.4) is 0 Å². The first kappa shape index (κ1) is 18.3. The van der Waals surface area contributed by atoms with Crippen LogP contribution < -0.4 is 15.5 Å². The van der Waals surface area contributed by atoms with Gasteiger partial charge in [0, 0.05) is 38.4 Å². The van der Waals surface area contributed by atoms with Crippen molar-refractivity contribution in [2.24, 2.45) is 12.5 Å². The third-order valence-corrected chi connectivity index (χ3v) is 6.22. The largest absolute Gasteiger partial charge is 0.365 e. The third-order valence-electron chi connectivity index (χ3n) is 6.22. The zero-order valence-corrected chi connectivity index (χ0v) is 17.7. The molecule has 4 heterocycles. The Morgan fingerprint density at radius 3 is 2.34 bits per heavy atom. The van der Waals surface area contributed by atoms with Crippen LogP contribution in [0.1, 0.15) is 27.2 Å². The molecule has 6 nitrogen and oxygen atoms in total. The molecule has 2 saturated heterocycles. The summed E-state index contributed by atoms with van der Waals surface area (Å²) in [6.07, 6.45) is 1.17. The van der Waals surface area contributed by atoms with E-state index >= 15 is 0 Å². The lowest BCUT2D eigenvalue weighted by molar-refractivity contribution is 0.342. The summed E-state index contributed by atoms with van der Waals surface area (Å²) < 4.78 is 3.55. The summed E-state index contributed by atoms with van der Waals surface area (Å²) in [7, 11) is 1.83. The maximum Gasteiger partial charge on any atom is 0.330 e. The summed E-state index contributed by atoms with van der Waals surface area (Å²) in [6.45, 7) is 9.15. The van der Waals surface area contributed by atoms with Crippen LogP contribution in [0.4, 0.5) is 11.5 Å².